The van der Waals surface area contributed by atoms with Crippen molar-refractivity contribution < 1.29 is 13.9 Å². The number of rotatable bonds is 7. The first-order chi connectivity index (χ1) is 9.74. The molecule has 0 aliphatic carbocycles. The van der Waals surface area contributed by atoms with Crippen LogP contribution >= 0.6 is 0 Å². The zero-order chi connectivity index (χ0) is 14.4. The maximum Gasteiger partial charge on any atom is 0.124 e. The zero-order valence-electron chi connectivity index (χ0n) is 12.2. The van der Waals surface area contributed by atoms with Crippen molar-refractivity contribution in [2.24, 2.45) is 0 Å². The molecule has 4 heteroatoms. The molecule has 2 rings (SSSR count). The Morgan fingerprint density at radius 3 is 2.75 bits per heavy atom. The van der Waals surface area contributed by atoms with Crippen LogP contribution in [0.5, 0.6) is 5.75 Å². The average molecular weight is 275 g/mol. The molecule has 108 valence electrons. The lowest BCUT2D eigenvalue weighted by atomic mass is 10.0. The van der Waals surface area contributed by atoms with E-state index in [1.165, 1.54) is 5.56 Å². The number of furan rings is 1. The molecule has 0 radical (unpaired) electrons. The molecule has 0 fully saturated rings. The van der Waals surface area contributed by atoms with Gasteiger partial charge in [-0.2, -0.15) is 0 Å². The van der Waals surface area contributed by atoms with Gasteiger partial charge in [0.05, 0.1) is 26.5 Å². The summed E-state index contributed by atoms with van der Waals surface area (Å²) in [6.45, 7) is 3.38. The number of nitrogens with one attached hydrogen (secondary N) is 1. The second-order valence-electron chi connectivity index (χ2n) is 4.69. The molecule has 1 atom stereocenters. The van der Waals surface area contributed by atoms with Crippen molar-refractivity contribution in [3.8, 4) is 5.75 Å². The molecule has 1 aromatic carbocycles. The molecular weight excluding hydrogens is 254 g/mol. The molecule has 0 spiro atoms. The molecule has 20 heavy (non-hydrogen) atoms. The lowest BCUT2D eigenvalue weighted by Gasteiger charge is -2.16. The quantitative estimate of drug-likeness (QED) is 0.842. The fraction of sp³-hybridized carbons (Fsp3) is 0.375. The van der Waals surface area contributed by atoms with Crippen LogP contribution in [0.1, 0.15) is 29.9 Å². The van der Waals surface area contributed by atoms with Crippen LogP contribution in [0.3, 0.4) is 0 Å². The van der Waals surface area contributed by atoms with E-state index in [2.05, 4.69) is 24.4 Å². The van der Waals surface area contributed by atoms with Crippen LogP contribution in [0.2, 0.25) is 0 Å². The van der Waals surface area contributed by atoms with Crippen molar-refractivity contribution in [2.75, 3.05) is 14.2 Å². The van der Waals surface area contributed by atoms with E-state index in [4.69, 9.17) is 13.9 Å². The number of ether oxygens (including phenoxy) is 2. The van der Waals surface area contributed by atoms with E-state index >= 15 is 0 Å². The fourth-order valence-corrected chi connectivity index (χ4v) is 2.12. The van der Waals surface area contributed by atoms with Gasteiger partial charge in [0.25, 0.3) is 0 Å². The van der Waals surface area contributed by atoms with E-state index in [0.29, 0.717) is 13.2 Å². The Morgan fingerprint density at radius 1 is 1.25 bits per heavy atom. The minimum atomic E-state index is 0.224. The van der Waals surface area contributed by atoms with Gasteiger partial charge in [-0.05, 0) is 36.8 Å². The van der Waals surface area contributed by atoms with Crippen LogP contribution in [0, 0.1) is 0 Å². The lowest BCUT2D eigenvalue weighted by Crippen LogP contribution is -2.18. The summed E-state index contributed by atoms with van der Waals surface area (Å²) in [4.78, 5) is 0. The monoisotopic (exact) mass is 275 g/mol. The van der Waals surface area contributed by atoms with Crippen molar-refractivity contribution in [1.82, 2.24) is 5.32 Å². The second-order valence-corrected chi connectivity index (χ2v) is 4.69. The number of hydrogen-bond acceptors (Lipinski definition) is 4. The molecule has 1 N–H and O–H groups in total. The highest BCUT2D eigenvalue weighted by Gasteiger charge is 2.10. The van der Waals surface area contributed by atoms with Crippen LogP contribution in [0.4, 0.5) is 0 Å². The molecule has 1 unspecified atom stereocenters. The predicted octanol–water partition coefficient (Wildman–Crippen LogP) is 3.29. The summed E-state index contributed by atoms with van der Waals surface area (Å²) in [7, 11) is 3.36. The normalized spacial score (nSPS) is 12.3. The van der Waals surface area contributed by atoms with Gasteiger partial charge in [-0.3, -0.25) is 0 Å². The van der Waals surface area contributed by atoms with Gasteiger partial charge in [-0.15, -0.1) is 0 Å². The molecule has 0 amide bonds. The van der Waals surface area contributed by atoms with E-state index in [0.717, 1.165) is 17.1 Å². The van der Waals surface area contributed by atoms with Gasteiger partial charge in [-0.25, -0.2) is 0 Å². The zero-order valence-corrected chi connectivity index (χ0v) is 12.2. The van der Waals surface area contributed by atoms with Gasteiger partial charge < -0.3 is 19.2 Å². The van der Waals surface area contributed by atoms with E-state index < -0.39 is 0 Å². The smallest absolute Gasteiger partial charge is 0.124 e. The third-order valence-corrected chi connectivity index (χ3v) is 3.27. The Balaban J connectivity index is 2.05. The molecular formula is C16H21NO3. The molecule has 4 nitrogen and oxygen atoms in total. The topological polar surface area (TPSA) is 43.6 Å². The number of methoxy groups -OCH3 is 2. The van der Waals surface area contributed by atoms with E-state index in [1.807, 2.05) is 18.2 Å². The minimum absolute atomic E-state index is 0.224. The van der Waals surface area contributed by atoms with Crippen LogP contribution in [-0.4, -0.2) is 14.2 Å². The molecule has 0 saturated heterocycles. The van der Waals surface area contributed by atoms with Crippen LogP contribution in [0.15, 0.2) is 41.0 Å². The van der Waals surface area contributed by atoms with Crippen molar-refractivity contribution >= 4 is 0 Å². The maximum absolute atomic E-state index is 5.34. The molecule has 0 aliphatic rings. The molecule has 2 aromatic rings. The Hall–Kier alpha value is -1.78. The molecule has 0 bridgehead atoms. The van der Waals surface area contributed by atoms with Crippen molar-refractivity contribution in [3.05, 3.63) is 53.5 Å². The standard InChI is InChI=1S/C16H21NO3/c1-12(17-10-15-5-4-8-20-15)13-6-7-16(19-3)14(9-13)11-18-2/h4-9,12,17H,10-11H2,1-3H3. The molecule has 0 saturated carbocycles. The van der Waals surface area contributed by atoms with Gasteiger partial charge in [0.2, 0.25) is 0 Å². The van der Waals surface area contributed by atoms with Crippen LogP contribution < -0.4 is 10.1 Å². The third-order valence-electron chi connectivity index (χ3n) is 3.27. The third kappa shape index (κ3) is 3.62. The Morgan fingerprint density at radius 2 is 2.10 bits per heavy atom. The van der Waals surface area contributed by atoms with Crippen molar-refractivity contribution in [3.63, 3.8) is 0 Å². The highest BCUT2D eigenvalue weighted by molar-refractivity contribution is 5.38. The fourth-order valence-electron chi connectivity index (χ4n) is 2.12. The number of benzene rings is 1. The van der Waals surface area contributed by atoms with Gasteiger partial charge >= 0.3 is 0 Å². The van der Waals surface area contributed by atoms with Crippen LogP contribution in [-0.2, 0) is 17.9 Å². The molecule has 0 aliphatic heterocycles. The Labute approximate surface area is 119 Å². The first-order valence-electron chi connectivity index (χ1n) is 6.66. The van der Waals surface area contributed by atoms with Crippen molar-refractivity contribution in [2.45, 2.75) is 26.1 Å². The predicted molar refractivity (Wildman–Crippen MR) is 77.7 cm³/mol. The minimum Gasteiger partial charge on any atom is -0.496 e. The first-order valence-corrected chi connectivity index (χ1v) is 6.66. The maximum atomic E-state index is 5.34. The van der Waals surface area contributed by atoms with E-state index in [9.17, 15) is 0 Å². The Bertz CT molecular complexity index is 523. The Kier molecular flexibility index (Phi) is 5.21. The van der Waals surface area contributed by atoms with Gasteiger partial charge in [0.15, 0.2) is 0 Å². The first kappa shape index (κ1) is 14.6. The van der Waals surface area contributed by atoms with E-state index in [1.54, 1.807) is 20.5 Å². The van der Waals surface area contributed by atoms with Gasteiger partial charge in [0, 0.05) is 18.7 Å². The summed E-state index contributed by atoms with van der Waals surface area (Å²) in [5.41, 5.74) is 2.25. The van der Waals surface area contributed by atoms with Gasteiger partial charge in [0.1, 0.15) is 11.5 Å². The lowest BCUT2D eigenvalue weighted by molar-refractivity contribution is 0.181. The summed E-state index contributed by atoms with van der Waals surface area (Å²) in [6, 6.07) is 10.2. The van der Waals surface area contributed by atoms with Gasteiger partial charge in [-0.1, -0.05) is 6.07 Å². The summed E-state index contributed by atoms with van der Waals surface area (Å²) in [5, 5.41) is 3.43. The molecule has 1 heterocycles. The van der Waals surface area contributed by atoms with Crippen LogP contribution in [0.25, 0.3) is 0 Å². The second kappa shape index (κ2) is 7.12. The summed E-state index contributed by atoms with van der Waals surface area (Å²) in [6.07, 6.45) is 1.69. The summed E-state index contributed by atoms with van der Waals surface area (Å²) >= 11 is 0. The largest absolute Gasteiger partial charge is 0.496 e. The molecule has 1 aromatic heterocycles. The highest BCUT2D eigenvalue weighted by Crippen LogP contribution is 2.24. The van der Waals surface area contributed by atoms with E-state index in [-0.39, 0.29) is 6.04 Å². The summed E-state index contributed by atoms with van der Waals surface area (Å²) < 4.78 is 15.9. The van der Waals surface area contributed by atoms with Crippen molar-refractivity contribution in [1.29, 1.82) is 0 Å². The SMILES string of the molecule is COCc1cc(C(C)NCc2ccco2)ccc1OC. The highest BCUT2D eigenvalue weighted by atomic mass is 16.5. The number of hydrogen-bond donors (Lipinski definition) is 1. The summed E-state index contributed by atoms with van der Waals surface area (Å²) in [5.74, 6) is 1.79. The average Bonchev–Trinajstić information content (AvgIpc) is 2.98.